The average Bonchev–Trinajstić information content (AvgIpc) is 2.58. The Labute approximate surface area is 151 Å². The minimum atomic E-state index is -3.81. The number of nitrogens with two attached hydrogens (primary N) is 1. The van der Waals surface area contributed by atoms with Gasteiger partial charge < -0.3 is 16.2 Å². The lowest BCUT2D eigenvalue weighted by Gasteiger charge is -2.37. The molecule has 8 nitrogen and oxygen atoms in total. The monoisotopic (exact) mass is 376 g/mol. The number of aromatic nitrogens is 1. The number of carbonyl (C=O) groups excluding carboxylic acids is 1. The highest BCUT2D eigenvalue weighted by molar-refractivity contribution is 7.89. The van der Waals surface area contributed by atoms with Gasteiger partial charge in [-0.15, -0.1) is 0 Å². The number of nitrogens with zero attached hydrogens (tertiary/aromatic N) is 1. The summed E-state index contributed by atoms with van der Waals surface area (Å²) in [6.07, 6.45) is 2.24. The van der Waals surface area contributed by atoms with E-state index in [-0.39, 0.29) is 10.8 Å². The van der Waals surface area contributed by atoms with Crippen LogP contribution in [0.4, 0.5) is 10.5 Å². The number of aliphatic hydroxyl groups excluding tert-OH is 1. The Morgan fingerprint density at radius 3 is 2.42 bits per heavy atom. The highest BCUT2D eigenvalue weighted by Crippen LogP contribution is 2.38. The van der Waals surface area contributed by atoms with Crippen molar-refractivity contribution in [3.63, 3.8) is 0 Å². The number of hydrogen-bond donors (Lipinski definition) is 4. The summed E-state index contributed by atoms with van der Waals surface area (Å²) in [6, 6.07) is 9.77. The zero-order chi connectivity index (χ0) is 18.7. The van der Waals surface area contributed by atoms with E-state index in [2.05, 4.69) is 15.0 Å². The summed E-state index contributed by atoms with van der Waals surface area (Å²) in [5, 5.41) is 12.0. The van der Waals surface area contributed by atoms with Crippen molar-refractivity contribution in [1.29, 1.82) is 0 Å². The molecule has 0 saturated heterocycles. The van der Waals surface area contributed by atoms with Crippen molar-refractivity contribution in [3.05, 3.63) is 54.4 Å². The van der Waals surface area contributed by atoms with Crippen molar-refractivity contribution >= 4 is 21.7 Å². The highest BCUT2D eigenvalue weighted by Gasteiger charge is 2.37. The average molecular weight is 376 g/mol. The van der Waals surface area contributed by atoms with E-state index in [1.807, 2.05) is 0 Å². The largest absolute Gasteiger partial charge is 0.393 e. The fourth-order valence-corrected chi connectivity index (χ4v) is 4.23. The van der Waals surface area contributed by atoms with Crippen LogP contribution >= 0.6 is 0 Å². The van der Waals surface area contributed by atoms with Crippen LogP contribution in [0.15, 0.2) is 53.6 Å². The van der Waals surface area contributed by atoms with Gasteiger partial charge in [-0.05, 0) is 55.2 Å². The normalized spacial score (nSPS) is 20.8. The fourth-order valence-electron chi connectivity index (χ4n) is 2.95. The maximum Gasteiger partial charge on any atom is 0.316 e. The number of sulfonamides is 1. The second-order valence-corrected chi connectivity index (χ2v) is 7.97. The minimum Gasteiger partial charge on any atom is -0.393 e. The molecule has 5 N–H and O–H groups in total. The first-order valence-corrected chi connectivity index (χ1v) is 9.61. The number of nitrogens with one attached hydrogen (secondary N) is 2. The van der Waals surface area contributed by atoms with Crippen LogP contribution in [0.3, 0.4) is 0 Å². The van der Waals surface area contributed by atoms with E-state index in [1.165, 1.54) is 24.3 Å². The van der Waals surface area contributed by atoms with E-state index >= 15 is 0 Å². The number of primary amides is 1. The lowest BCUT2D eigenvalue weighted by atomic mass is 9.76. The standard InChI is InChI=1S/C17H20N4O4S/c18-17(23)20-12-4-6-14(7-5-12)26(24,25)21-16(11-9-13(22)10-11)15-3-1-2-8-19-15/h1-8,11,13,16,21-22H,9-10H2,(H3,18,20,23). The molecule has 1 heterocycles. The van der Waals surface area contributed by atoms with E-state index in [9.17, 15) is 18.3 Å². The SMILES string of the molecule is NC(=O)Nc1ccc(S(=O)(=O)NC(c2ccccn2)C2CC(O)C2)cc1. The van der Waals surface area contributed by atoms with Crippen molar-refractivity contribution in [2.45, 2.75) is 29.9 Å². The Hall–Kier alpha value is -2.49. The molecule has 26 heavy (non-hydrogen) atoms. The van der Waals surface area contributed by atoms with Gasteiger partial charge in [0.05, 0.1) is 22.7 Å². The molecule has 3 rings (SSSR count). The molecule has 2 amide bonds. The topological polar surface area (TPSA) is 134 Å². The quantitative estimate of drug-likeness (QED) is 0.604. The molecule has 1 atom stereocenters. The summed E-state index contributed by atoms with van der Waals surface area (Å²) in [7, 11) is -3.81. The van der Waals surface area contributed by atoms with Crippen LogP contribution in [-0.4, -0.2) is 30.6 Å². The molecule has 1 aromatic carbocycles. The number of hydrogen-bond acceptors (Lipinski definition) is 5. The summed E-state index contributed by atoms with van der Waals surface area (Å²) in [5.74, 6) is -0.0227. The number of benzene rings is 1. The molecule has 1 aliphatic rings. The van der Waals surface area contributed by atoms with Gasteiger partial charge in [-0.25, -0.2) is 17.9 Å². The number of carbonyl (C=O) groups is 1. The molecule has 0 radical (unpaired) electrons. The number of pyridine rings is 1. The minimum absolute atomic E-state index is 0.0227. The zero-order valence-corrected chi connectivity index (χ0v) is 14.7. The van der Waals surface area contributed by atoms with Gasteiger partial charge in [0.15, 0.2) is 0 Å². The fraction of sp³-hybridized carbons (Fsp3) is 0.294. The second-order valence-electron chi connectivity index (χ2n) is 6.25. The van der Waals surface area contributed by atoms with Crippen molar-refractivity contribution in [2.75, 3.05) is 5.32 Å². The van der Waals surface area contributed by atoms with Crippen LogP contribution in [0.1, 0.15) is 24.6 Å². The summed E-state index contributed by atoms with van der Waals surface area (Å²) in [5.41, 5.74) is 6.05. The highest BCUT2D eigenvalue weighted by atomic mass is 32.2. The van der Waals surface area contributed by atoms with E-state index in [0.717, 1.165) is 0 Å². The predicted molar refractivity (Wildman–Crippen MR) is 95.7 cm³/mol. The Morgan fingerprint density at radius 2 is 1.88 bits per heavy atom. The van der Waals surface area contributed by atoms with E-state index in [4.69, 9.17) is 5.73 Å². The van der Waals surface area contributed by atoms with Crippen molar-refractivity contribution in [2.24, 2.45) is 11.7 Å². The molecule has 2 aromatic rings. The Balaban J connectivity index is 1.82. The van der Waals surface area contributed by atoms with Gasteiger partial charge in [0.1, 0.15) is 0 Å². The maximum absolute atomic E-state index is 12.8. The van der Waals surface area contributed by atoms with E-state index in [0.29, 0.717) is 24.2 Å². The summed E-state index contributed by atoms with van der Waals surface area (Å²) in [6.45, 7) is 0. The maximum atomic E-state index is 12.8. The third-order valence-corrected chi connectivity index (χ3v) is 5.80. The number of urea groups is 1. The van der Waals surface area contributed by atoms with Crippen LogP contribution in [0.2, 0.25) is 0 Å². The van der Waals surface area contributed by atoms with E-state index < -0.39 is 28.2 Å². The van der Waals surface area contributed by atoms with Gasteiger partial charge in [-0.3, -0.25) is 4.98 Å². The summed E-state index contributed by atoms with van der Waals surface area (Å²) >= 11 is 0. The molecular formula is C17H20N4O4S. The Kier molecular flexibility index (Phi) is 5.21. The van der Waals surface area contributed by atoms with Crippen molar-refractivity contribution < 1.29 is 18.3 Å². The molecule has 0 bridgehead atoms. The number of aliphatic hydroxyl groups is 1. The van der Waals surface area contributed by atoms with Crippen molar-refractivity contribution in [1.82, 2.24) is 9.71 Å². The predicted octanol–water partition coefficient (Wildman–Crippen LogP) is 1.36. The first-order chi connectivity index (χ1) is 12.3. The van der Waals surface area contributed by atoms with Crippen LogP contribution in [0.25, 0.3) is 0 Å². The smallest absolute Gasteiger partial charge is 0.316 e. The van der Waals surface area contributed by atoms with Gasteiger partial charge in [0, 0.05) is 11.9 Å². The first kappa shape index (κ1) is 18.3. The van der Waals surface area contributed by atoms with Crippen LogP contribution in [0, 0.1) is 5.92 Å². The first-order valence-electron chi connectivity index (χ1n) is 8.13. The van der Waals surface area contributed by atoms with Gasteiger partial charge in [0.2, 0.25) is 10.0 Å². The third kappa shape index (κ3) is 4.18. The Morgan fingerprint density at radius 1 is 1.19 bits per heavy atom. The van der Waals surface area contributed by atoms with E-state index in [1.54, 1.807) is 24.4 Å². The Bertz CT molecular complexity index is 865. The number of anilines is 1. The lowest BCUT2D eigenvalue weighted by Crippen LogP contribution is -2.41. The molecule has 0 spiro atoms. The van der Waals surface area contributed by atoms with Gasteiger partial charge >= 0.3 is 6.03 Å². The molecule has 1 aromatic heterocycles. The van der Waals surface area contributed by atoms with Gasteiger partial charge in [-0.1, -0.05) is 6.07 Å². The molecule has 1 aliphatic carbocycles. The molecule has 1 unspecified atom stereocenters. The number of rotatable bonds is 6. The number of amides is 2. The lowest BCUT2D eigenvalue weighted by molar-refractivity contribution is 0.0273. The summed E-state index contributed by atoms with van der Waals surface area (Å²) < 4.78 is 28.2. The summed E-state index contributed by atoms with van der Waals surface area (Å²) in [4.78, 5) is 15.2. The molecule has 1 saturated carbocycles. The van der Waals surface area contributed by atoms with Crippen LogP contribution < -0.4 is 15.8 Å². The zero-order valence-electron chi connectivity index (χ0n) is 13.9. The van der Waals surface area contributed by atoms with Crippen LogP contribution in [0.5, 0.6) is 0 Å². The van der Waals surface area contributed by atoms with Crippen molar-refractivity contribution in [3.8, 4) is 0 Å². The second kappa shape index (κ2) is 7.40. The molecule has 9 heteroatoms. The van der Waals surface area contributed by atoms with Crippen LogP contribution in [-0.2, 0) is 10.0 Å². The van der Waals surface area contributed by atoms with Gasteiger partial charge in [-0.2, -0.15) is 0 Å². The molecule has 138 valence electrons. The molecule has 0 aliphatic heterocycles. The van der Waals surface area contributed by atoms with Gasteiger partial charge in [0.25, 0.3) is 0 Å². The third-order valence-electron chi connectivity index (χ3n) is 4.34. The molecular weight excluding hydrogens is 356 g/mol. The molecule has 1 fully saturated rings.